The van der Waals surface area contributed by atoms with Crippen molar-refractivity contribution in [2.75, 3.05) is 4.72 Å². The largest absolute Gasteiger partial charge is 0.281 e. The molecule has 0 unspecified atom stereocenters. The molecule has 1 aromatic carbocycles. The Bertz CT molecular complexity index is 792. The topological polar surface area (TPSA) is 101 Å². The number of anilines is 1. The van der Waals surface area contributed by atoms with Gasteiger partial charge in [0.1, 0.15) is 11.9 Å². The lowest BCUT2D eigenvalue weighted by Crippen LogP contribution is -2.18. The van der Waals surface area contributed by atoms with Crippen molar-refractivity contribution in [3.05, 3.63) is 34.2 Å². The summed E-state index contributed by atoms with van der Waals surface area (Å²) in [4.78, 5) is 0. The highest BCUT2D eigenvalue weighted by Crippen LogP contribution is 2.23. The SMILES string of the molecule is Cn1nnc(Br)c1S(=O)(=O)Nc1ccc(F)cc1C#N. The molecule has 0 saturated heterocycles. The number of aromatic nitrogens is 3. The Morgan fingerprint density at radius 2 is 2.20 bits per heavy atom. The van der Waals surface area contributed by atoms with Crippen LogP contribution in [-0.2, 0) is 17.1 Å². The number of rotatable bonds is 3. The summed E-state index contributed by atoms with van der Waals surface area (Å²) in [6.45, 7) is 0. The predicted molar refractivity (Wildman–Crippen MR) is 70.6 cm³/mol. The van der Waals surface area contributed by atoms with Crippen molar-refractivity contribution in [1.82, 2.24) is 15.0 Å². The highest BCUT2D eigenvalue weighted by molar-refractivity contribution is 9.10. The number of hydrogen-bond acceptors (Lipinski definition) is 5. The number of nitrogens with one attached hydrogen (secondary N) is 1. The highest BCUT2D eigenvalue weighted by Gasteiger charge is 2.24. The van der Waals surface area contributed by atoms with E-state index in [2.05, 4.69) is 31.0 Å². The van der Waals surface area contributed by atoms with Gasteiger partial charge in [0.05, 0.1) is 11.3 Å². The van der Waals surface area contributed by atoms with Gasteiger partial charge < -0.3 is 0 Å². The van der Waals surface area contributed by atoms with Crippen LogP contribution in [0.5, 0.6) is 0 Å². The lowest BCUT2D eigenvalue weighted by molar-refractivity contribution is 0.578. The zero-order valence-electron chi connectivity index (χ0n) is 10.0. The molecular formula is C10H7BrFN5O2S. The number of benzene rings is 1. The monoisotopic (exact) mass is 359 g/mol. The number of hydrogen-bond donors (Lipinski definition) is 1. The van der Waals surface area contributed by atoms with Crippen LogP contribution in [0.3, 0.4) is 0 Å². The third-order valence-electron chi connectivity index (χ3n) is 2.34. The molecule has 0 aliphatic heterocycles. The maximum Gasteiger partial charge on any atom is 0.281 e. The molecule has 20 heavy (non-hydrogen) atoms. The van der Waals surface area contributed by atoms with Crippen LogP contribution in [0.25, 0.3) is 0 Å². The van der Waals surface area contributed by atoms with Crippen molar-refractivity contribution in [2.45, 2.75) is 5.03 Å². The van der Waals surface area contributed by atoms with E-state index in [9.17, 15) is 12.8 Å². The van der Waals surface area contributed by atoms with Gasteiger partial charge in [0.2, 0.25) is 5.03 Å². The Labute approximate surface area is 122 Å². The van der Waals surface area contributed by atoms with Crippen molar-refractivity contribution in [1.29, 1.82) is 5.26 Å². The summed E-state index contributed by atoms with van der Waals surface area (Å²) >= 11 is 2.97. The van der Waals surface area contributed by atoms with Gasteiger partial charge in [-0.05, 0) is 34.1 Å². The van der Waals surface area contributed by atoms with E-state index >= 15 is 0 Å². The lowest BCUT2D eigenvalue weighted by atomic mass is 10.2. The minimum absolute atomic E-state index is 0.0259. The van der Waals surface area contributed by atoms with Crippen LogP contribution in [0, 0.1) is 17.1 Å². The Morgan fingerprint density at radius 1 is 1.50 bits per heavy atom. The summed E-state index contributed by atoms with van der Waals surface area (Å²) < 4.78 is 40.7. The fourth-order valence-corrected chi connectivity index (χ4v) is 3.68. The van der Waals surface area contributed by atoms with Crippen LogP contribution in [-0.4, -0.2) is 23.4 Å². The number of aryl methyl sites for hydroxylation is 1. The first kappa shape index (κ1) is 14.4. The summed E-state index contributed by atoms with van der Waals surface area (Å²) in [6.07, 6.45) is 0. The fourth-order valence-electron chi connectivity index (χ4n) is 1.50. The maximum absolute atomic E-state index is 13.0. The third kappa shape index (κ3) is 2.63. The van der Waals surface area contributed by atoms with Crippen molar-refractivity contribution in [2.24, 2.45) is 7.05 Å². The maximum atomic E-state index is 13.0. The molecule has 104 valence electrons. The Kier molecular flexibility index (Phi) is 3.74. The second kappa shape index (κ2) is 5.18. The smallest absolute Gasteiger partial charge is 0.277 e. The van der Waals surface area contributed by atoms with Gasteiger partial charge in [-0.25, -0.2) is 9.07 Å². The molecule has 2 aromatic rings. The Balaban J connectivity index is 2.47. The fraction of sp³-hybridized carbons (Fsp3) is 0.100. The zero-order chi connectivity index (χ0) is 14.9. The molecule has 0 aliphatic carbocycles. The molecule has 0 amide bonds. The highest BCUT2D eigenvalue weighted by atomic mass is 79.9. The normalized spacial score (nSPS) is 11.1. The molecule has 0 bridgehead atoms. The van der Waals surface area contributed by atoms with Gasteiger partial charge in [-0.15, -0.1) is 5.10 Å². The van der Waals surface area contributed by atoms with Gasteiger partial charge in [0.15, 0.2) is 4.60 Å². The molecule has 2 rings (SSSR count). The van der Waals surface area contributed by atoms with Crippen molar-refractivity contribution in [3.8, 4) is 6.07 Å². The number of halogens is 2. The van der Waals surface area contributed by atoms with Crippen LogP contribution in [0.2, 0.25) is 0 Å². The van der Waals surface area contributed by atoms with E-state index in [0.29, 0.717) is 0 Å². The van der Waals surface area contributed by atoms with Gasteiger partial charge in [-0.2, -0.15) is 13.7 Å². The lowest BCUT2D eigenvalue weighted by Gasteiger charge is -2.09. The van der Waals surface area contributed by atoms with Gasteiger partial charge in [0, 0.05) is 7.05 Å². The molecule has 10 heteroatoms. The van der Waals surface area contributed by atoms with Crippen LogP contribution in [0.15, 0.2) is 27.8 Å². The first-order valence-corrected chi connectivity index (χ1v) is 7.40. The van der Waals surface area contributed by atoms with Gasteiger partial charge in [-0.1, -0.05) is 5.21 Å². The minimum Gasteiger partial charge on any atom is -0.277 e. The molecule has 0 spiro atoms. The number of nitriles is 1. The average Bonchev–Trinajstić information content (AvgIpc) is 2.71. The van der Waals surface area contributed by atoms with Gasteiger partial charge in [-0.3, -0.25) is 4.72 Å². The minimum atomic E-state index is -4.01. The predicted octanol–water partition coefficient (Wildman–Crippen LogP) is 1.39. The Hall–Kier alpha value is -1.99. The molecular weight excluding hydrogens is 353 g/mol. The van der Waals surface area contributed by atoms with Crippen molar-refractivity contribution >= 4 is 31.6 Å². The molecule has 1 N–H and O–H groups in total. The Morgan fingerprint density at radius 3 is 2.75 bits per heavy atom. The molecule has 0 aliphatic rings. The van der Waals surface area contributed by atoms with Gasteiger partial charge >= 0.3 is 0 Å². The second-order valence-corrected chi connectivity index (χ2v) is 6.07. The van der Waals surface area contributed by atoms with E-state index in [1.54, 1.807) is 6.07 Å². The number of nitrogens with zero attached hydrogens (tertiary/aromatic N) is 4. The first-order chi connectivity index (χ1) is 9.35. The second-order valence-electron chi connectivity index (χ2n) is 3.72. The average molecular weight is 360 g/mol. The summed E-state index contributed by atoms with van der Waals surface area (Å²) in [6, 6.07) is 4.88. The summed E-state index contributed by atoms with van der Waals surface area (Å²) in [7, 11) is -2.60. The van der Waals surface area contributed by atoms with Crippen molar-refractivity contribution < 1.29 is 12.8 Å². The van der Waals surface area contributed by atoms with Crippen molar-refractivity contribution in [3.63, 3.8) is 0 Å². The molecule has 7 nitrogen and oxygen atoms in total. The number of sulfonamides is 1. The summed E-state index contributed by atoms with van der Waals surface area (Å²) in [5, 5.41) is 15.8. The summed E-state index contributed by atoms with van der Waals surface area (Å²) in [5.74, 6) is -0.632. The molecule has 1 aromatic heterocycles. The van der Waals surface area contributed by atoms with E-state index in [1.807, 2.05) is 0 Å². The van der Waals surface area contributed by atoms with E-state index < -0.39 is 15.8 Å². The van der Waals surface area contributed by atoms with Gasteiger partial charge in [0.25, 0.3) is 10.0 Å². The van der Waals surface area contributed by atoms with E-state index in [4.69, 9.17) is 5.26 Å². The zero-order valence-corrected chi connectivity index (χ0v) is 12.4. The molecule has 0 radical (unpaired) electrons. The quantitative estimate of drug-likeness (QED) is 0.892. The standard InChI is InChI=1S/C10H7BrFN5O2S/c1-17-10(9(11)14-16-17)20(18,19)15-8-3-2-7(12)4-6(8)5-13/h2-4,15H,1H3. The van der Waals surface area contributed by atoms with Crippen LogP contribution >= 0.6 is 15.9 Å². The van der Waals surface area contributed by atoms with Crippen LogP contribution in [0.4, 0.5) is 10.1 Å². The van der Waals surface area contributed by atoms with Crippen LogP contribution < -0.4 is 4.72 Å². The van der Waals surface area contributed by atoms with E-state index in [0.717, 1.165) is 16.8 Å². The molecule has 0 atom stereocenters. The van der Waals surface area contributed by atoms with E-state index in [1.165, 1.54) is 13.1 Å². The van der Waals surface area contributed by atoms with Crippen LogP contribution in [0.1, 0.15) is 5.56 Å². The molecule has 1 heterocycles. The third-order valence-corrected chi connectivity index (χ3v) is 4.59. The first-order valence-electron chi connectivity index (χ1n) is 5.13. The molecule has 0 fully saturated rings. The van der Waals surface area contributed by atoms with E-state index in [-0.39, 0.29) is 20.9 Å². The molecule has 0 saturated carbocycles. The summed E-state index contributed by atoms with van der Waals surface area (Å²) in [5.41, 5.74) is -0.151.